The van der Waals surface area contributed by atoms with Crippen LogP contribution in [0, 0.1) is 0 Å². The largest absolute Gasteiger partial charge is 0.481 e. The molecule has 0 unspecified atom stereocenters. The van der Waals surface area contributed by atoms with E-state index in [-0.39, 0.29) is 36.6 Å². The number of hydrogen-bond acceptors (Lipinski definition) is 10. The number of β-lactam (4-membered cyclic amide) rings is 1. The van der Waals surface area contributed by atoms with Gasteiger partial charge in [0.25, 0.3) is 5.91 Å². The molecule has 3 rings (SSSR count). The number of rotatable bonds is 9. The lowest BCUT2D eigenvalue weighted by molar-refractivity contribution is -0.151. The standard InChI is InChI=1S/C15H16N6O8S/c22-8(3-20-6-16-18-19-20)17-11-13(26)21-12(15(27)28)7(5-30-14(11)21)4-29-10(25)2-1-9(23)24/h6,11,14H,1-5H2,(H,17,22)(H,23,24)(H,27,28)/t11-,14+/m1/s1. The van der Waals surface area contributed by atoms with Crippen molar-refractivity contribution in [3.63, 3.8) is 0 Å². The van der Waals surface area contributed by atoms with E-state index in [1.807, 2.05) is 0 Å². The number of ether oxygens (including phenoxy) is 1. The van der Waals surface area contributed by atoms with Crippen molar-refractivity contribution in [3.8, 4) is 0 Å². The van der Waals surface area contributed by atoms with Gasteiger partial charge in [-0.1, -0.05) is 0 Å². The van der Waals surface area contributed by atoms with Crippen LogP contribution in [0.2, 0.25) is 0 Å². The zero-order valence-electron chi connectivity index (χ0n) is 15.3. The number of aliphatic carboxylic acids is 2. The van der Waals surface area contributed by atoms with Gasteiger partial charge < -0.3 is 20.3 Å². The zero-order chi connectivity index (χ0) is 21.8. The molecular weight excluding hydrogens is 424 g/mol. The molecule has 1 saturated heterocycles. The first-order valence-corrected chi connectivity index (χ1v) is 9.60. The van der Waals surface area contributed by atoms with Gasteiger partial charge in [0.15, 0.2) is 0 Å². The Hall–Kier alpha value is -3.49. The summed E-state index contributed by atoms with van der Waals surface area (Å²) in [4.78, 5) is 59.4. The van der Waals surface area contributed by atoms with Crippen LogP contribution >= 0.6 is 11.8 Å². The van der Waals surface area contributed by atoms with E-state index in [2.05, 4.69) is 20.8 Å². The summed E-state index contributed by atoms with van der Waals surface area (Å²) < 4.78 is 6.11. The topological polar surface area (TPSA) is 194 Å². The number of thioether (sulfide) groups is 1. The maximum atomic E-state index is 12.5. The molecule has 2 atom stereocenters. The van der Waals surface area contributed by atoms with Gasteiger partial charge in [0.1, 0.15) is 36.6 Å². The highest BCUT2D eigenvalue weighted by Crippen LogP contribution is 2.40. The zero-order valence-corrected chi connectivity index (χ0v) is 16.1. The fourth-order valence-electron chi connectivity index (χ4n) is 2.86. The molecule has 0 aromatic carbocycles. The normalized spacial score (nSPS) is 20.3. The van der Waals surface area contributed by atoms with E-state index >= 15 is 0 Å². The number of carboxylic acid groups (broad SMARTS) is 2. The Morgan fingerprint density at radius 1 is 1.27 bits per heavy atom. The summed E-state index contributed by atoms with van der Waals surface area (Å²) in [5.74, 6) is -4.29. The number of fused-ring (bicyclic) bond motifs is 1. The highest BCUT2D eigenvalue weighted by atomic mass is 32.2. The number of nitrogens with zero attached hydrogens (tertiary/aromatic N) is 5. The van der Waals surface area contributed by atoms with Gasteiger partial charge in [-0.25, -0.2) is 9.48 Å². The van der Waals surface area contributed by atoms with Crippen LogP contribution in [-0.4, -0.2) is 88.8 Å². The maximum absolute atomic E-state index is 12.5. The first-order valence-electron chi connectivity index (χ1n) is 8.55. The molecule has 0 radical (unpaired) electrons. The SMILES string of the molecule is O=C(O)CCC(=O)OCC1=C(C(=O)O)N2C(=O)[C@@H](NC(=O)Cn3cnnn3)[C@@H]2SC1. The van der Waals surface area contributed by atoms with Gasteiger partial charge >= 0.3 is 17.9 Å². The molecule has 2 aliphatic heterocycles. The van der Waals surface area contributed by atoms with Crippen LogP contribution in [0.5, 0.6) is 0 Å². The van der Waals surface area contributed by atoms with Crippen LogP contribution < -0.4 is 5.32 Å². The van der Waals surface area contributed by atoms with E-state index < -0.39 is 47.6 Å². The van der Waals surface area contributed by atoms with Crippen molar-refractivity contribution < 1.29 is 38.9 Å². The number of hydrogen-bond donors (Lipinski definition) is 3. The third-order valence-corrected chi connectivity index (χ3v) is 5.55. The molecule has 30 heavy (non-hydrogen) atoms. The van der Waals surface area contributed by atoms with Gasteiger partial charge in [-0.3, -0.25) is 24.1 Å². The Morgan fingerprint density at radius 3 is 2.67 bits per heavy atom. The summed E-state index contributed by atoms with van der Waals surface area (Å²) in [6.45, 7) is -0.576. The van der Waals surface area contributed by atoms with E-state index in [1.54, 1.807) is 0 Å². The fourth-order valence-corrected chi connectivity index (χ4v) is 4.19. The Balaban J connectivity index is 1.62. The number of amides is 2. The molecule has 0 aliphatic carbocycles. The molecule has 1 aromatic rings. The predicted octanol–water partition coefficient (Wildman–Crippen LogP) is -2.18. The predicted molar refractivity (Wildman–Crippen MR) is 95.3 cm³/mol. The molecule has 15 heteroatoms. The van der Waals surface area contributed by atoms with Crippen LogP contribution in [0.25, 0.3) is 0 Å². The molecule has 1 aromatic heterocycles. The summed E-state index contributed by atoms with van der Waals surface area (Å²) >= 11 is 1.21. The van der Waals surface area contributed by atoms with Gasteiger partial charge in [0.2, 0.25) is 5.91 Å². The van der Waals surface area contributed by atoms with Crippen molar-refractivity contribution in [2.75, 3.05) is 12.4 Å². The molecule has 2 aliphatic rings. The number of carboxylic acids is 2. The first-order chi connectivity index (χ1) is 14.3. The summed E-state index contributed by atoms with van der Waals surface area (Å²) in [5.41, 5.74) is -0.0972. The lowest BCUT2D eigenvalue weighted by atomic mass is 10.0. The van der Waals surface area contributed by atoms with Crippen molar-refractivity contribution >= 4 is 41.5 Å². The molecule has 3 N–H and O–H groups in total. The average molecular weight is 440 g/mol. The molecule has 160 valence electrons. The molecule has 2 amide bonds. The maximum Gasteiger partial charge on any atom is 0.352 e. The van der Waals surface area contributed by atoms with Crippen LogP contribution in [-0.2, 0) is 35.3 Å². The summed E-state index contributed by atoms with van der Waals surface area (Å²) in [5, 5.41) is 30.4. The Labute approximate surface area is 172 Å². The van der Waals surface area contributed by atoms with E-state index in [0.717, 1.165) is 4.90 Å². The highest BCUT2D eigenvalue weighted by molar-refractivity contribution is 8.00. The molecule has 0 spiro atoms. The third kappa shape index (κ3) is 4.56. The minimum absolute atomic E-state index is 0.154. The molecule has 0 bridgehead atoms. The van der Waals surface area contributed by atoms with Gasteiger partial charge in [-0.05, 0) is 10.4 Å². The average Bonchev–Trinajstić information content (AvgIpc) is 3.20. The number of tetrazole rings is 1. The van der Waals surface area contributed by atoms with Gasteiger partial charge in [0.05, 0.1) is 12.8 Å². The Kier molecular flexibility index (Phi) is 6.29. The first kappa shape index (κ1) is 21.2. The van der Waals surface area contributed by atoms with Crippen molar-refractivity contribution in [2.45, 2.75) is 30.8 Å². The van der Waals surface area contributed by atoms with Crippen molar-refractivity contribution in [1.82, 2.24) is 30.4 Å². The summed E-state index contributed by atoms with van der Waals surface area (Å²) in [6, 6.07) is -0.909. The van der Waals surface area contributed by atoms with Crippen LogP contribution in [0.15, 0.2) is 17.6 Å². The van der Waals surface area contributed by atoms with Crippen molar-refractivity contribution in [3.05, 3.63) is 17.6 Å². The van der Waals surface area contributed by atoms with E-state index in [4.69, 9.17) is 9.84 Å². The number of carbonyl (C=O) groups excluding carboxylic acids is 3. The monoisotopic (exact) mass is 440 g/mol. The van der Waals surface area contributed by atoms with E-state index in [9.17, 15) is 29.1 Å². The molecule has 0 saturated carbocycles. The van der Waals surface area contributed by atoms with Crippen LogP contribution in [0.3, 0.4) is 0 Å². The number of aromatic nitrogens is 4. The van der Waals surface area contributed by atoms with Crippen LogP contribution in [0.4, 0.5) is 0 Å². The smallest absolute Gasteiger partial charge is 0.352 e. The van der Waals surface area contributed by atoms with Crippen molar-refractivity contribution in [2.24, 2.45) is 0 Å². The van der Waals surface area contributed by atoms with Gasteiger partial charge in [-0.15, -0.1) is 16.9 Å². The lowest BCUT2D eigenvalue weighted by Crippen LogP contribution is -2.70. The second kappa shape index (κ2) is 8.89. The minimum atomic E-state index is -1.37. The van der Waals surface area contributed by atoms with Gasteiger partial charge in [0, 0.05) is 11.3 Å². The van der Waals surface area contributed by atoms with Crippen molar-refractivity contribution in [1.29, 1.82) is 0 Å². The molecule has 14 nitrogen and oxygen atoms in total. The van der Waals surface area contributed by atoms with E-state index in [0.29, 0.717) is 0 Å². The molecule has 3 heterocycles. The second-order valence-corrected chi connectivity index (χ2v) is 7.38. The second-order valence-electron chi connectivity index (χ2n) is 6.27. The highest BCUT2D eigenvalue weighted by Gasteiger charge is 2.54. The van der Waals surface area contributed by atoms with Crippen LogP contribution in [0.1, 0.15) is 12.8 Å². The minimum Gasteiger partial charge on any atom is -0.481 e. The fraction of sp³-hybridized carbons (Fsp3) is 0.467. The summed E-state index contributed by atoms with van der Waals surface area (Å²) in [6.07, 6.45) is 0.481. The number of esters is 1. The lowest BCUT2D eigenvalue weighted by Gasteiger charge is -2.49. The number of nitrogens with one attached hydrogen (secondary N) is 1. The molecular formula is C15H16N6O8S. The Bertz CT molecular complexity index is 916. The quantitative estimate of drug-likeness (QED) is 0.278. The number of carbonyl (C=O) groups is 5. The molecule has 1 fully saturated rings. The third-order valence-electron chi connectivity index (χ3n) is 4.21. The summed E-state index contributed by atoms with van der Waals surface area (Å²) in [7, 11) is 0. The van der Waals surface area contributed by atoms with Gasteiger partial charge in [-0.2, -0.15) is 0 Å². The van der Waals surface area contributed by atoms with E-state index in [1.165, 1.54) is 22.8 Å². The Morgan fingerprint density at radius 2 is 2.03 bits per heavy atom.